The average molecular weight is 466 g/mol. The van der Waals surface area contributed by atoms with Crippen molar-refractivity contribution in [2.24, 2.45) is 0 Å². The van der Waals surface area contributed by atoms with E-state index in [1.54, 1.807) is 17.5 Å². The van der Waals surface area contributed by atoms with Gasteiger partial charge in [-0.15, -0.1) is 11.3 Å². The molecule has 0 atom stereocenters. The van der Waals surface area contributed by atoms with E-state index in [4.69, 9.17) is 10.1 Å². The number of thiophene rings is 1. The lowest BCUT2D eigenvalue weighted by Crippen LogP contribution is -2.20. The Bertz CT molecular complexity index is 1610. The van der Waals surface area contributed by atoms with Crippen molar-refractivity contribution in [1.29, 1.82) is 0 Å². The molecule has 0 fully saturated rings. The number of fused-ring (bicyclic) bond motifs is 2. The summed E-state index contributed by atoms with van der Waals surface area (Å²) in [5.41, 5.74) is 6.20. The molecule has 6 rings (SSSR count). The number of nitrogens with zero attached hydrogens (tertiary/aromatic N) is 5. The van der Waals surface area contributed by atoms with Crippen molar-refractivity contribution in [3.05, 3.63) is 98.8 Å². The quantitative estimate of drug-likeness (QED) is 0.360. The third-order valence-electron chi connectivity index (χ3n) is 6.42. The van der Waals surface area contributed by atoms with E-state index in [-0.39, 0.29) is 5.56 Å². The monoisotopic (exact) mass is 465 g/mol. The highest BCUT2D eigenvalue weighted by molar-refractivity contribution is 7.18. The van der Waals surface area contributed by atoms with Gasteiger partial charge in [-0.1, -0.05) is 30.3 Å². The summed E-state index contributed by atoms with van der Waals surface area (Å²) in [5, 5.41) is 5.66. The number of aromatic nitrogens is 5. The molecular formula is C27H23N5OS. The number of pyridine rings is 1. The van der Waals surface area contributed by atoms with Crippen LogP contribution in [0.25, 0.3) is 33.1 Å². The van der Waals surface area contributed by atoms with Crippen LogP contribution in [-0.4, -0.2) is 24.3 Å². The minimum Gasteiger partial charge on any atom is -0.292 e. The predicted octanol–water partition coefficient (Wildman–Crippen LogP) is 5.33. The predicted molar refractivity (Wildman–Crippen MR) is 137 cm³/mol. The number of aryl methyl sites for hydroxylation is 2. The Labute approximate surface area is 200 Å². The van der Waals surface area contributed by atoms with Gasteiger partial charge in [0.25, 0.3) is 5.56 Å². The molecule has 1 aliphatic heterocycles. The third kappa shape index (κ3) is 3.49. The van der Waals surface area contributed by atoms with Crippen molar-refractivity contribution in [3.8, 4) is 11.3 Å². The van der Waals surface area contributed by atoms with E-state index in [0.717, 1.165) is 55.3 Å². The lowest BCUT2D eigenvalue weighted by atomic mass is 10.1. The molecule has 0 saturated heterocycles. The van der Waals surface area contributed by atoms with Crippen molar-refractivity contribution < 1.29 is 0 Å². The minimum absolute atomic E-state index is 0.0671. The topological polar surface area (TPSA) is 65.6 Å². The van der Waals surface area contributed by atoms with Gasteiger partial charge in [-0.25, -0.2) is 4.98 Å². The van der Waals surface area contributed by atoms with Crippen molar-refractivity contribution in [2.75, 3.05) is 0 Å². The zero-order valence-corrected chi connectivity index (χ0v) is 19.8. The molecule has 0 N–H and O–H groups in total. The zero-order valence-electron chi connectivity index (χ0n) is 19.0. The smallest absolute Gasteiger partial charge is 0.262 e. The fraction of sp³-hybridized carbons (Fsp3) is 0.185. The van der Waals surface area contributed by atoms with Crippen LogP contribution >= 0.6 is 11.3 Å². The van der Waals surface area contributed by atoms with Gasteiger partial charge in [-0.3, -0.25) is 19.0 Å². The molecule has 168 valence electrons. The highest BCUT2D eigenvalue weighted by Crippen LogP contribution is 2.33. The SMILES string of the molecule is Cc1sc2nc3n(c(=O)c2c1C)CC/C3=C/c1cn(Cc2ccccc2)nc1-c1cccnc1. The maximum atomic E-state index is 13.2. The molecule has 0 bridgehead atoms. The Kier molecular flexibility index (Phi) is 4.99. The Morgan fingerprint density at radius 1 is 1.12 bits per heavy atom. The summed E-state index contributed by atoms with van der Waals surface area (Å²) < 4.78 is 3.79. The van der Waals surface area contributed by atoms with E-state index < -0.39 is 0 Å². The maximum absolute atomic E-state index is 13.2. The highest BCUT2D eigenvalue weighted by atomic mass is 32.1. The maximum Gasteiger partial charge on any atom is 0.262 e. The van der Waals surface area contributed by atoms with Gasteiger partial charge in [-0.2, -0.15) is 5.10 Å². The number of allylic oxidation sites excluding steroid dienone is 1. The molecule has 0 aliphatic carbocycles. The van der Waals surface area contributed by atoms with Crippen LogP contribution < -0.4 is 5.56 Å². The molecule has 0 radical (unpaired) electrons. The van der Waals surface area contributed by atoms with E-state index in [0.29, 0.717) is 13.1 Å². The van der Waals surface area contributed by atoms with Gasteiger partial charge < -0.3 is 0 Å². The fourth-order valence-electron chi connectivity index (χ4n) is 4.57. The second kappa shape index (κ2) is 8.18. The van der Waals surface area contributed by atoms with E-state index in [2.05, 4.69) is 36.3 Å². The third-order valence-corrected chi connectivity index (χ3v) is 7.52. The first-order chi connectivity index (χ1) is 16.6. The normalized spacial score (nSPS) is 14.2. The molecule has 1 aromatic carbocycles. The molecule has 0 saturated carbocycles. The molecule has 34 heavy (non-hydrogen) atoms. The highest BCUT2D eigenvalue weighted by Gasteiger charge is 2.24. The van der Waals surface area contributed by atoms with Crippen LogP contribution in [0.2, 0.25) is 0 Å². The van der Waals surface area contributed by atoms with Crippen LogP contribution in [0.4, 0.5) is 0 Å². The molecule has 4 aromatic heterocycles. The lowest BCUT2D eigenvalue weighted by Gasteiger charge is -2.04. The average Bonchev–Trinajstić information content (AvgIpc) is 3.52. The van der Waals surface area contributed by atoms with Crippen molar-refractivity contribution in [3.63, 3.8) is 0 Å². The van der Waals surface area contributed by atoms with Crippen LogP contribution in [0.1, 0.15) is 33.8 Å². The first-order valence-electron chi connectivity index (χ1n) is 11.3. The second-order valence-electron chi connectivity index (χ2n) is 8.63. The van der Waals surface area contributed by atoms with Crippen molar-refractivity contribution in [1.82, 2.24) is 24.3 Å². The summed E-state index contributed by atoms with van der Waals surface area (Å²) >= 11 is 1.60. The Morgan fingerprint density at radius 3 is 2.76 bits per heavy atom. The van der Waals surface area contributed by atoms with E-state index in [1.165, 1.54) is 5.56 Å². The number of benzene rings is 1. The summed E-state index contributed by atoms with van der Waals surface area (Å²) in [4.78, 5) is 24.4. The summed E-state index contributed by atoms with van der Waals surface area (Å²) in [6.07, 6.45) is 8.59. The summed E-state index contributed by atoms with van der Waals surface area (Å²) in [6, 6.07) is 14.2. The fourth-order valence-corrected chi connectivity index (χ4v) is 5.59. The molecular weight excluding hydrogens is 442 g/mol. The minimum atomic E-state index is 0.0671. The zero-order chi connectivity index (χ0) is 23.2. The van der Waals surface area contributed by atoms with Gasteiger partial charge >= 0.3 is 0 Å². The van der Waals surface area contributed by atoms with Crippen LogP contribution in [0.15, 0.2) is 65.8 Å². The summed E-state index contributed by atoms with van der Waals surface area (Å²) in [7, 11) is 0. The van der Waals surface area contributed by atoms with Gasteiger partial charge in [-0.05, 0) is 55.2 Å². The number of hydrogen-bond donors (Lipinski definition) is 0. The first-order valence-corrected chi connectivity index (χ1v) is 12.1. The molecule has 7 heteroatoms. The van der Waals surface area contributed by atoms with E-state index in [1.807, 2.05) is 52.7 Å². The van der Waals surface area contributed by atoms with Gasteiger partial charge in [0.1, 0.15) is 16.3 Å². The molecule has 0 spiro atoms. The van der Waals surface area contributed by atoms with Crippen molar-refractivity contribution in [2.45, 2.75) is 33.4 Å². The van der Waals surface area contributed by atoms with Crippen LogP contribution in [0.5, 0.6) is 0 Å². The largest absolute Gasteiger partial charge is 0.292 e. The molecule has 0 amide bonds. The first kappa shape index (κ1) is 20.7. The summed E-state index contributed by atoms with van der Waals surface area (Å²) in [5.74, 6) is 0.770. The van der Waals surface area contributed by atoms with Crippen LogP contribution in [0.3, 0.4) is 0 Å². The Morgan fingerprint density at radius 2 is 1.97 bits per heavy atom. The van der Waals surface area contributed by atoms with Crippen LogP contribution in [-0.2, 0) is 13.1 Å². The van der Waals surface area contributed by atoms with E-state index in [9.17, 15) is 4.79 Å². The van der Waals surface area contributed by atoms with Gasteiger partial charge in [0.2, 0.25) is 0 Å². The molecule has 0 unspecified atom stereocenters. The van der Waals surface area contributed by atoms with E-state index >= 15 is 0 Å². The number of hydrogen-bond acceptors (Lipinski definition) is 5. The van der Waals surface area contributed by atoms with Gasteiger partial charge in [0.05, 0.1) is 11.9 Å². The molecule has 1 aliphatic rings. The lowest BCUT2D eigenvalue weighted by molar-refractivity contribution is 0.689. The second-order valence-corrected chi connectivity index (χ2v) is 9.84. The standard InChI is InChI=1S/C27H23N5OS/c1-17-18(2)34-26-23(17)27(33)32-12-10-20(25(32)29-26)13-22-16-31(15-19-7-4-3-5-8-19)30-24(22)21-9-6-11-28-14-21/h3-9,11,13-14,16H,10,12,15H2,1-2H3/b20-13-. The van der Waals surface area contributed by atoms with Gasteiger partial charge in [0, 0.05) is 41.1 Å². The summed E-state index contributed by atoms with van der Waals surface area (Å²) in [6.45, 7) is 5.39. The molecule has 5 aromatic rings. The van der Waals surface area contributed by atoms with Crippen LogP contribution in [0, 0.1) is 13.8 Å². The van der Waals surface area contributed by atoms with Crippen molar-refractivity contribution >= 4 is 33.2 Å². The molecule has 6 nitrogen and oxygen atoms in total. The van der Waals surface area contributed by atoms with Gasteiger partial charge in [0.15, 0.2) is 0 Å². The Balaban J connectivity index is 1.47. The number of rotatable bonds is 4. The molecule has 5 heterocycles. The Hall–Kier alpha value is -3.84.